The van der Waals surface area contributed by atoms with Crippen molar-refractivity contribution in [3.8, 4) is 0 Å². The van der Waals surface area contributed by atoms with Gasteiger partial charge in [0.1, 0.15) is 6.04 Å². The summed E-state index contributed by atoms with van der Waals surface area (Å²) in [6.07, 6.45) is 3.57. The van der Waals surface area contributed by atoms with Gasteiger partial charge >= 0.3 is 5.97 Å². The summed E-state index contributed by atoms with van der Waals surface area (Å²) in [4.78, 5) is 23.2. The van der Waals surface area contributed by atoms with Gasteiger partial charge in [0.05, 0.1) is 6.54 Å². The second-order valence-electron chi connectivity index (χ2n) is 5.43. The van der Waals surface area contributed by atoms with Crippen molar-refractivity contribution < 1.29 is 14.7 Å². The van der Waals surface area contributed by atoms with Crippen molar-refractivity contribution in [1.82, 2.24) is 15.1 Å². The lowest BCUT2D eigenvalue weighted by atomic mass is 10.0. The van der Waals surface area contributed by atoms with E-state index < -0.39 is 12.0 Å². The number of nitrogens with zero attached hydrogens (tertiary/aromatic N) is 2. The molecular formula is C16H19N3O3. The molecule has 1 aromatic heterocycles. The fraction of sp³-hybridized carbons (Fsp3) is 0.312. The maximum Gasteiger partial charge on any atom is 0.326 e. The second kappa shape index (κ2) is 6.89. The number of rotatable bonds is 6. The molecule has 0 saturated carbocycles. The van der Waals surface area contributed by atoms with Gasteiger partial charge in [-0.25, -0.2) is 4.79 Å². The molecule has 116 valence electrons. The Labute approximate surface area is 128 Å². The van der Waals surface area contributed by atoms with Gasteiger partial charge in [-0.3, -0.25) is 9.48 Å². The Kier molecular flexibility index (Phi) is 4.93. The molecule has 0 spiro atoms. The van der Waals surface area contributed by atoms with Gasteiger partial charge < -0.3 is 10.4 Å². The van der Waals surface area contributed by atoms with Crippen molar-refractivity contribution in [3.05, 3.63) is 53.9 Å². The van der Waals surface area contributed by atoms with Crippen molar-refractivity contribution in [1.29, 1.82) is 0 Å². The average molecular weight is 301 g/mol. The molecule has 6 nitrogen and oxygen atoms in total. The zero-order chi connectivity index (χ0) is 16.1. The number of carbonyl (C=O) groups is 2. The highest BCUT2D eigenvalue weighted by Crippen LogP contribution is 2.08. The molecule has 1 atom stereocenters. The van der Waals surface area contributed by atoms with Crippen molar-refractivity contribution in [2.24, 2.45) is 5.92 Å². The fourth-order valence-electron chi connectivity index (χ4n) is 2.08. The Balaban J connectivity index is 2.03. The van der Waals surface area contributed by atoms with Crippen LogP contribution in [0.3, 0.4) is 0 Å². The van der Waals surface area contributed by atoms with Crippen LogP contribution in [0.1, 0.15) is 29.8 Å². The molecule has 22 heavy (non-hydrogen) atoms. The molecule has 6 heteroatoms. The Hall–Kier alpha value is -2.63. The van der Waals surface area contributed by atoms with Gasteiger partial charge in [0.2, 0.25) is 0 Å². The molecular weight excluding hydrogens is 282 g/mol. The van der Waals surface area contributed by atoms with E-state index in [-0.39, 0.29) is 11.8 Å². The predicted octanol–water partition coefficient (Wildman–Crippen LogP) is 1.77. The molecule has 2 rings (SSSR count). The first-order valence-electron chi connectivity index (χ1n) is 7.07. The zero-order valence-electron chi connectivity index (χ0n) is 12.6. The van der Waals surface area contributed by atoms with Crippen LogP contribution in [-0.4, -0.2) is 32.8 Å². The number of carboxylic acid groups (broad SMARTS) is 1. The first kappa shape index (κ1) is 15.8. The number of nitrogens with one attached hydrogen (secondary N) is 1. The van der Waals surface area contributed by atoms with Gasteiger partial charge in [-0.1, -0.05) is 26.0 Å². The lowest BCUT2D eigenvalue weighted by molar-refractivity contribution is -0.140. The van der Waals surface area contributed by atoms with E-state index in [4.69, 9.17) is 5.11 Å². The number of aliphatic carboxylic acids is 1. The molecule has 1 heterocycles. The summed E-state index contributed by atoms with van der Waals surface area (Å²) in [5.41, 5.74) is 1.45. The van der Waals surface area contributed by atoms with E-state index in [0.29, 0.717) is 12.1 Å². The number of carboxylic acids is 1. The smallest absolute Gasteiger partial charge is 0.326 e. The standard InChI is InChI=1S/C16H19N3O3/c1-11(2)14(16(21)22)18-15(20)13-6-4-12(5-7-13)10-19-9-3-8-17-19/h3-9,11,14H,10H2,1-2H3,(H,18,20)(H,21,22). The average Bonchev–Trinajstić information content (AvgIpc) is 2.97. The van der Waals surface area contributed by atoms with E-state index in [1.807, 2.05) is 24.4 Å². The molecule has 2 aromatic rings. The highest BCUT2D eigenvalue weighted by molar-refractivity contribution is 5.96. The van der Waals surface area contributed by atoms with Crippen LogP contribution in [0.25, 0.3) is 0 Å². The first-order chi connectivity index (χ1) is 10.5. The van der Waals surface area contributed by atoms with Crippen molar-refractivity contribution >= 4 is 11.9 Å². The number of amides is 1. The van der Waals surface area contributed by atoms with Crippen LogP contribution in [0.5, 0.6) is 0 Å². The normalized spacial score (nSPS) is 12.1. The summed E-state index contributed by atoms with van der Waals surface area (Å²) < 4.78 is 1.79. The van der Waals surface area contributed by atoms with Crippen LogP contribution in [0, 0.1) is 5.92 Å². The van der Waals surface area contributed by atoms with Gasteiger partial charge in [-0.2, -0.15) is 5.10 Å². The van der Waals surface area contributed by atoms with E-state index >= 15 is 0 Å². The monoisotopic (exact) mass is 301 g/mol. The minimum atomic E-state index is -1.03. The first-order valence-corrected chi connectivity index (χ1v) is 7.07. The zero-order valence-corrected chi connectivity index (χ0v) is 12.6. The quantitative estimate of drug-likeness (QED) is 0.851. The Bertz CT molecular complexity index is 633. The van der Waals surface area contributed by atoms with E-state index in [2.05, 4.69) is 10.4 Å². The predicted molar refractivity (Wildman–Crippen MR) is 81.5 cm³/mol. The Morgan fingerprint density at radius 2 is 1.95 bits per heavy atom. The van der Waals surface area contributed by atoms with Crippen LogP contribution >= 0.6 is 0 Å². The highest BCUT2D eigenvalue weighted by atomic mass is 16.4. The third-order valence-electron chi connectivity index (χ3n) is 3.34. The van der Waals surface area contributed by atoms with E-state index in [9.17, 15) is 9.59 Å². The summed E-state index contributed by atoms with van der Waals surface area (Å²) in [5.74, 6) is -1.59. The van der Waals surface area contributed by atoms with Gasteiger partial charge in [-0.15, -0.1) is 0 Å². The summed E-state index contributed by atoms with van der Waals surface area (Å²) >= 11 is 0. The molecule has 0 aliphatic carbocycles. The van der Waals surface area contributed by atoms with Crippen molar-refractivity contribution in [2.75, 3.05) is 0 Å². The van der Waals surface area contributed by atoms with Crippen LogP contribution in [0.2, 0.25) is 0 Å². The number of aromatic nitrogens is 2. The number of carbonyl (C=O) groups excluding carboxylic acids is 1. The van der Waals surface area contributed by atoms with Crippen molar-refractivity contribution in [3.63, 3.8) is 0 Å². The second-order valence-corrected chi connectivity index (χ2v) is 5.43. The molecule has 1 amide bonds. The Morgan fingerprint density at radius 1 is 1.27 bits per heavy atom. The van der Waals surface area contributed by atoms with E-state index in [1.165, 1.54) is 0 Å². The summed E-state index contributed by atoms with van der Waals surface area (Å²) in [7, 11) is 0. The number of hydrogen-bond donors (Lipinski definition) is 2. The maximum absolute atomic E-state index is 12.1. The molecule has 0 bridgehead atoms. The largest absolute Gasteiger partial charge is 0.480 e. The third-order valence-corrected chi connectivity index (χ3v) is 3.34. The minimum absolute atomic E-state index is 0.180. The van der Waals surface area contributed by atoms with Crippen molar-refractivity contribution in [2.45, 2.75) is 26.4 Å². The highest BCUT2D eigenvalue weighted by Gasteiger charge is 2.23. The van der Waals surface area contributed by atoms with Crippen LogP contribution in [-0.2, 0) is 11.3 Å². The topological polar surface area (TPSA) is 84.2 Å². The SMILES string of the molecule is CC(C)C(NC(=O)c1ccc(Cn2cccn2)cc1)C(=O)O. The molecule has 0 aliphatic rings. The summed E-state index contributed by atoms with van der Waals surface area (Å²) in [6, 6.07) is 8.00. The summed E-state index contributed by atoms with van der Waals surface area (Å²) in [5, 5.41) is 15.8. The van der Waals surface area contributed by atoms with Crippen LogP contribution < -0.4 is 5.32 Å². The Morgan fingerprint density at radius 3 is 2.45 bits per heavy atom. The maximum atomic E-state index is 12.1. The summed E-state index contributed by atoms with van der Waals surface area (Å²) in [6.45, 7) is 4.14. The molecule has 0 radical (unpaired) electrons. The van der Waals surface area contributed by atoms with Crippen LogP contribution in [0.15, 0.2) is 42.7 Å². The lowest BCUT2D eigenvalue weighted by Crippen LogP contribution is -2.44. The van der Waals surface area contributed by atoms with Gasteiger partial charge in [-0.05, 0) is 29.7 Å². The third kappa shape index (κ3) is 3.94. The van der Waals surface area contributed by atoms with E-state index in [0.717, 1.165) is 5.56 Å². The molecule has 0 aliphatic heterocycles. The van der Waals surface area contributed by atoms with Gasteiger partial charge in [0, 0.05) is 18.0 Å². The van der Waals surface area contributed by atoms with E-state index in [1.54, 1.807) is 36.9 Å². The molecule has 0 fully saturated rings. The number of hydrogen-bond acceptors (Lipinski definition) is 3. The van der Waals surface area contributed by atoms with Gasteiger partial charge in [0.25, 0.3) is 5.91 Å². The molecule has 2 N–H and O–H groups in total. The fourth-order valence-corrected chi connectivity index (χ4v) is 2.08. The molecule has 0 saturated heterocycles. The van der Waals surface area contributed by atoms with Gasteiger partial charge in [0.15, 0.2) is 0 Å². The molecule has 1 unspecified atom stereocenters. The minimum Gasteiger partial charge on any atom is -0.480 e. The molecule has 1 aromatic carbocycles. The lowest BCUT2D eigenvalue weighted by Gasteiger charge is -2.17. The number of benzene rings is 1. The van der Waals surface area contributed by atoms with Crippen LogP contribution in [0.4, 0.5) is 0 Å².